The molecular formula is C11H17N. The van der Waals surface area contributed by atoms with Crippen LogP contribution in [0.2, 0.25) is 0 Å². The minimum Gasteiger partial charge on any atom is -0.306 e. The van der Waals surface area contributed by atoms with Crippen molar-refractivity contribution in [2.75, 3.05) is 0 Å². The van der Waals surface area contributed by atoms with Crippen LogP contribution in [-0.4, -0.2) is 5.54 Å². The van der Waals surface area contributed by atoms with Gasteiger partial charge in [0.15, 0.2) is 0 Å². The third-order valence-electron chi connectivity index (χ3n) is 1.90. The Labute approximate surface area is 75.6 Å². The summed E-state index contributed by atoms with van der Waals surface area (Å²) in [6.45, 7) is 16.7. The number of rotatable bonds is 4. The second-order valence-corrected chi connectivity index (χ2v) is 3.49. The van der Waals surface area contributed by atoms with E-state index in [1.165, 1.54) is 5.57 Å². The Bertz CT molecular complexity index is 216. The van der Waals surface area contributed by atoms with E-state index in [0.29, 0.717) is 0 Å². The molecule has 0 rings (SSSR count). The Balaban J connectivity index is 4.01. The van der Waals surface area contributed by atoms with Gasteiger partial charge in [0.2, 0.25) is 5.54 Å². The van der Waals surface area contributed by atoms with Crippen LogP contribution in [0.3, 0.4) is 0 Å². The van der Waals surface area contributed by atoms with Gasteiger partial charge in [0.05, 0.1) is 0 Å². The molecule has 12 heavy (non-hydrogen) atoms. The van der Waals surface area contributed by atoms with E-state index in [2.05, 4.69) is 31.3 Å². The van der Waals surface area contributed by atoms with Crippen LogP contribution in [0, 0.1) is 6.57 Å². The van der Waals surface area contributed by atoms with Crippen molar-refractivity contribution in [3.8, 4) is 0 Å². The van der Waals surface area contributed by atoms with Gasteiger partial charge in [-0.05, 0) is 26.3 Å². The van der Waals surface area contributed by atoms with E-state index in [9.17, 15) is 0 Å². The van der Waals surface area contributed by atoms with Crippen LogP contribution in [0.5, 0.6) is 0 Å². The Hall–Kier alpha value is -1.03. The summed E-state index contributed by atoms with van der Waals surface area (Å²) in [6, 6.07) is 0. The maximum atomic E-state index is 6.98. The van der Waals surface area contributed by atoms with Gasteiger partial charge in [0, 0.05) is 13.3 Å². The predicted octanol–water partition coefficient (Wildman–Crippen LogP) is 3.60. The number of hydrogen-bond acceptors (Lipinski definition) is 0. The minimum atomic E-state index is -0.369. The van der Waals surface area contributed by atoms with Gasteiger partial charge in [-0.1, -0.05) is 18.2 Å². The molecule has 0 heterocycles. The second-order valence-electron chi connectivity index (χ2n) is 3.49. The zero-order chi connectivity index (χ0) is 9.61. The molecule has 0 aliphatic rings. The van der Waals surface area contributed by atoms with Gasteiger partial charge in [0.1, 0.15) is 0 Å². The van der Waals surface area contributed by atoms with Crippen LogP contribution in [0.25, 0.3) is 4.85 Å². The summed E-state index contributed by atoms with van der Waals surface area (Å²) in [5.41, 5.74) is 0.942. The summed E-state index contributed by atoms with van der Waals surface area (Å²) < 4.78 is 0. The van der Waals surface area contributed by atoms with Crippen molar-refractivity contribution in [2.24, 2.45) is 0 Å². The van der Waals surface area contributed by atoms with Gasteiger partial charge in [-0.2, -0.15) is 0 Å². The lowest BCUT2D eigenvalue weighted by atomic mass is 9.97. The fourth-order valence-corrected chi connectivity index (χ4v) is 0.857. The molecule has 0 aromatic heterocycles. The molecule has 1 atom stereocenters. The highest BCUT2D eigenvalue weighted by atomic mass is 14.8. The lowest BCUT2D eigenvalue weighted by Gasteiger charge is -2.09. The molecule has 0 spiro atoms. The van der Waals surface area contributed by atoms with Crippen molar-refractivity contribution >= 4 is 0 Å². The molecule has 0 aliphatic carbocycles. The molecule has 1 unspecified atom stereocenters. The van der Waals surface area contributed by atoms with Crippen LogP contribution in [0.4, 0.5) is 0 Å². The van der Waals surface area contributed by atoms with Crippen molar-refractivity contribution in [3.05, 3.63) is 35.7 Å². The van der Waals surface area contributed by atoms with Crippen molar-refractivity contribution in [3.63, 3.8) is 0 Å². The van der Waals surface area contributed by atoms with Crippen molar-refractivity contribution in [1.82, 2.24) is 0 Å². The van der Waals surface area contributed by atoms with E-state index in [4.69, 9.17) is 6.57 Å². The Morgan fingerprint density at radius 3 is 2.50 bits per heavy atom. The maximum Gasteiger partial charge on any atom is 0.248 e. The molecule has 0 saturated heterocycles. The summed E-state index contributed by atoms with van der Waals surface area (Å²) in [4.78, 5) is 3.54. The highest BCUT2D eigenvalue weighted by molar-refractivity contribution is 5.09. The van der Waals surface area contributed by atoms with Gasteiger partial charge < -0.3 is 4.85 Å². The predicted molar refractivity (Wildman–Crippen MR) is 53.9 cm³/mol. The smallest absolute Gasteiger partial charge is 0.248 e. The fraction of sp³-hybridized carbons (Fsp3) is 0.545. The normalized spacial score (nSPS) is 14.2. The summed E-state index contributed by atoms with van der Waals surface area (Å²) in [5.74, 6) is 0. The average molecular weight is 163 g/mol. The molecule has 0 N–H and O–H groups in total. The van der Waals surface area contributed by atoms with E-state index >= 15 is 0 Å². The van der Waals surface area contributed by atoms with Gasteiger partial charge in [-0.3, -0.25) is 0 Å². The maximum absolute atomic E-state index is 6.98. The molecule has 1 nitrogen and oxygen atoms in total. The van der Waals surface area contributed by atoms with Crippen molar-refractivity contribution in [2.45, 2.75) is 39.2 Å². The zero-order valence-corrected chi connectivity index (χ0v) is 8.22. The molecule has 0 aromatic rings. The third kappa shape index (κ3) is 3.98. The van der Waals surface area contributed by atoms with Gasteiger partial charge in [-0.25, -0.2) is 6.57 Å². The topological polar surface area (TPSA) is 4.36 Å². The zero-order valence-electron chi connectivity index (χ0n) is 8.22. The lowest BCUT2D eigenvalue weighted by Crippen LogP contribution is -2.14. The first-order valence-electron chi connectivity index (χ1n) is 4.19. The first kappa shape index (κ1) is 11.0. The monoisotopic (exact) mass is 163 g/mol. The molecule has 0 saturated carbocycles. The Morgan fingerprint density at radius 1 is 1.58 bits per heavy atom. The third-order valence-corrected chi connectivity index (χ3v) is 1.90. The molecule has 0 amide bonds. The standard InChI is InChI=1S/C11H17N/c1-6-11(4,12-5)9-7-8-10(2)3/h6,8H,1,7,9H2,2-4H3. The van der Waals surface area contributed by atoms with E-state index in [1.54, 1.807) is 6.08 Å². The van der Waals surface area contributed by atoms with Crippen molar-refractivity contribution < 1.29 is 0 Å². The molecule has 0 aromatic carbocycles. The van der Waals surface area contributed by atoms with E-state index in [-0.39, 0.29) is 5.54 Å². The molecule has 0 radical (unpaired) electrons. The second kappa shape index (κ2) is 4.77. The fourth-order valence-electron chi connectivity index (χ4n) is 0.857. The van der Waals surface area contributed by atoms with Gasteiger partial charge in [0.25, 0.3) is 0 Å². The average Bonchev–Trinajstić information content (AvgIpc) is 2.03. The summed E-state index contributed by atoms with van der Waals surface area (Å²) >= 11 is 0. The van der Waals surface area contributed by atoms with Crippen LogP contribution in [-0.2, 0) is 0 Å². The van der Waals surface area contributed by atoms with E-state index < -0.39 is 0 Å². The summed E-state index contributed by atoms with van der Waals surface area (Å²) in [6.07, 6.45) is 5.73. The molecule has 0 aliphatic heterocycles. The number of nitrogens with zero attached hydrogens (tertiary/aromatic N) is 1. The van der Waals surface area contributed by atoms with Crippen LogP contribution >= 0.6 is 0 Å². The van der Waals surface area contributed by atoms with Crippen molar-refractivity contribution in [1.29, 1.82) is 0 Å². The Morgan fingerprint density at radius 2 is 2.17 bits per heavy atom. The molecule has 1 heteroatoms. The summed E-state index contributed by atoms with van der Waals surface area (Å²) in [5, 5.41) is 0. The number of hydrogen-bond donors (Lipinski definition) is 0. The SMILES string of the molecule is [C-]#[N+]C(C)(C=C)CCC=C(C)C. The van der Waals surface area contributed by atoms with Gasteiger partial charge in [-0.15, -0.1) is 0 Å². The van der Waals surface area contributed by atoms with Crippen LogP contribution < -0.4 is 0 Å². The highest BCUT2D eigenvalue weighted by Crippen LogP contribution is 2.19. The van der Waals surface area contributed by atoms with Crippen LogP contribution in [0.1, 0.15) is 33.6 Å². The van der Waals surface area contributed by atoms with E-state index in [1.807, 2.05) is 6.92 Å². The number of allylic oxidation sites excluding steroid dienone is 2. The Kier molecular flexibility index (Phi) is 4.36. The molecule has 0 fully saturated rings. The molecule has 0 bridgehead atoms. The summed E-state index contributed by atoms with van der Waals surface area (Å²) in [7, 11) is 0. The highest BCUT2D eigenvalue weighted by Gasteiger charge is 2.23. The first-order chi connectivity index (χ1) is 5.54. The lowest BCUT2D eigenvalue weighted by molar-refractivity contribution is 0.624. The van der Waals surface area contributed by atoms with Crippen LogP contribution in [0.15, 0.2) is 24.3 Å². The van der Waals surface area contributed by atoms with Gasteiger partial charge >= 0.3 is 0 Å². The quantitative estimate of drug-likeness (QED) is 0.440. The molecule has 66 valence electrons. The first-order valence-corrected chi connectivity index (χ1v) is 4.19. The minimum absolute atomic E-state index is 0.369. The molecular weight excluding hydrogens is 146 g/mol. The van der Waals surface area contributed by atoms with E-state index in [0.717, 1.165) is 12.8 Å². The largest absolute Gasteiger partial charge is 0.306 e.